The van der Waals surface area contributed by atoms with Gasteiger partial charge in [0, 0.05) is 18.8 Å². The first-order valence-electron chi connectivity index (χ1n) is 6.68. The molecule has 2 aromatic rings. The summed E-state index contributed by atoms with van der Waals surface area (Å²) in [6.07, 6.45) is 1.66. The van der Waals surface area contributed by atoms with Crippen LogP contribution in [0.15, 0.2) is 40.1 Å². The van der Waals surface area contributed by atoms with Crippen LogP contribution in [-0.4, -0.2) is 26.3 Å². The van der Waals surface area contributed by atoms with E-state index >= 15 is 0 Å². The maximum Gasteiger partial charge on any atom is 0.335 e. The number of hydrogen-bond acceptors (Lipinski definition) is 4. The Morgan fingerprint density at radius 3 is 2.41 bits per heavy atom. The van der Waals surface area contributed by atoms with Gasteiger partial charge < -0.3 is 15.4 Å². The number of aliphatic carboxylic acids is 1. The van der Waals surface area contributed by atoms with E-state index in [1.807, 2.05) is 0 Å². The molecule has 3 N–H and O–H groups in total. The maximum atomic E-state index is 12.1. The molecule has 1 atom stereocenters. The van der Waals surface area contributed by atoms with Crippen LogP contribution >= 0.6 is 0 Å². The van der Waals surface area contributed by atoms with Gasteiger partial charge in [-0.25, -0.2) is 9.36 Å². The molecule has 0 saturated carbocycles. The minimum absolute atomic E-state index is 0.177. The number of hydrogen-bond donors (Lipinski definition) is 2. The molecule has 1 heterocycles. The quantitative estimate of drug-likeness (QED) is 0.813. The Bertz CT molecular complexity index is 784. The molecule has 0 spiro atoms. The molecule has 0 aliphatic rings. The highest BCUT2D eigenvalue weighted by molar-refractivity contribution is 5.73. The van der Waals surface area contributed by atoms with E-state index in [1.54, 1.807) is 38.2 Å². The number of benzene rings is 1. The SMILES string of the molecule is Cc1cn(C)c(=O)n(-c2ccc(C[C@H](N)C(=O)O)cc2)c1=O. The molecular formula is C15H17N3O4. The molecule has 116 valence electrons. The van der Waals surface area contributed by atoms with Gasteiger partial charge in [-0.15, -0.1) is 0 Å². The molecule has 0 unspecified atom stereocenters. The topological polar surface area (TPSA) is 107 Å². The number of rotatable bonds is 4. The summed E-state index contributed by atoms with van der Waals surface area (Å²) in [5.74, 6) is -1.08. The van der Waals surface area contributed by atoms with E-state index < -0.39 is 17.7 Å². The largest absolute Gasteiger partial charge is 0.480 e. The van der Waals surface area contributed by atoms with Gasteiger partial charge in [-0.3, -0.25) is 9.59 Å². The lowest BCUT2D eigenvalue weighted by atomic mass is 10.1. The van der Waals surface area contributed by atoms with Crippen molar-refractivity contribution in [2.24, 2.45) is 12.8 Å². The lowest BCUT2D eigenvalue weighted by molar-refractivity contribution is -0.138. The first-order valence-corrected chi connectivity index (χ1v) is 6.68. The lowest BCUT2D eigenvalue weighted by Gasteiger charge is -2.10. The van der Waals surface area contributed by atoms with Crippen LogP contribution in [0.4, 0.5) is 0 Å². The van der Waals surface area contributed by atoms with Crippen molar-refractivity contribution in [1.29, 1.82) is 0 Å². The fourth-order valence-corrected chi connectivity index (χ4v) is 2.17. The average molecular weight is 303 g/mol. The molecule has 0 radical (unpaired) electrons. The van der Waals surface area contributed by atoms with Gasteiger partial charge in [0.25, 0.3) is 5.56 Å². The van der Waals surface area contributed by atoms with Crippen LogP contribution in [0, 0.1) is 6.92 Å². The normalized spacial score (nSPS) is 12.1. The second-order valence-electron chi connectivity index (χ2n) is 5.16. The summed E-state index contributed by atoms with van der Waals surface area (Å²) in [5, 5.41) is 8.80. The van der Waals surface area contributed by atoms with E-state index in [1.165, 1.54) is 10.8 Å². The summed E-state index contributed by atoms with van der Waals surface area (Å²) in [4.78, 5) is 35.0. The zero-order valence-electron chi connectivity index (χ0n) is 12.3. The number of carboxylic acid groups (broad SMARTS) is 1. The summed E-state index contributed by atoms with van der Waals surface area (Å²) in [7, 11) is 1.57. The molecule has 1 aromatic carbocycles. The van der Waals surface area contributed by atoms with Gasteiger partial charge in [0.1, 0.15) is 6.04 Å². The molecule has 0 aliphatic carbocycles. The highest BCUT2D eigenvalue weighted by Crippen LogP contribution is 2.08. The number of aromatic nitrogens is 2. The van der Waals surface area contributed by atoms with Crippen molar-refractivity contribution >= 4 is 5.97 Å². The van der Waals surface area contributed by atoms with Gasteiger partial charge >= 0.3 is 11.7 Å². The fourth-order valence-electron chi connectivity index (χ4n) is 2.17. The highest BCUT2D eigenvalue weighted by atomic mass is 16.4. The monoisotopic (exact) mass is 303 g/mol. The molecule has 7 nitrogen and oxygen atoms in total. The Morgan fingerprint density at radius 1 is 1.27 bits per heavy atom. The summed E-state index contributed by atoms with van der Waals surface area (Å²) in [5.41, 5.74) is 6.27. The maximum absolute atomic E-state index is 12.1. The zero-order valence-corrected chi connectivity index (χ0v) is 12.3. The predicted octanol–water partition coefficient (Wildman–Crippen LogP) is -0.201. The van der Waals surface area contributed by atoms with Crippen LogP contribution in [0.2, 0.25) is 0 Å². The van der Waals surface area contributed by atoms with Crippen molar-refractivity contribution in [2.75, 3.05) is 0 Å². The van der Waals surface area contributed by atoms with Crippen LogP contribution in [0.5, 0.6) is 0 Å². The Hall–Kier alpha value is -2.67. The van der Waals surface area contributed by atoms with Crippen molar-refractivity contribution in [3.63, 3.8) is 0 Å². The number of aryl methyl sites for hydroxylation is 2. The molecule has 0 amide bonds. The standard InChI is InChI=1S/C15H17N3O4/c1-9-8-17(2)15(22)18(13(9)19)11-5-3-10(4-6-11)7-12(16)14(20)21/h3-6,8,12H,7,16H2,1-2H3,(H,20,21)/t12-/m0/s1. The Morgan fingerprint density at radius 2 is 1.86 bits per heavy atom. The minimum atomic E-state index is -1.08. The van der Waals surface area contributed by atoms with Crippen molar-refractivity contribution < 1.29 is 9.90 Å². The number of nitrogens with two attached hydrogens (primary N) is 1. The molecule has 7 heteroatoms. The third kappa shape index (κ3) is 2.99. The van der Waals surface area contributed by atoms with E-state index in [0.29, 0.717) is 11.3 Å². The van der Waals surface area contributed by atoms with Crippen LogP contribution in [-0.2, 0) is 18.3 Å². The number of carbonyl (C=O) groups is 1. The van der Waals surface area contributed by atoms with Crippen LogP contribution in [0.1, 0.15) is 11.1 Å². The van der Waals surface area contributed by atoms with Gasteiger partial charge in [-0.05, 0) is 31.0 Å². The first-order chi connectivity index (χ1) is 10.3. The van der Waals surface area contributed by atoms with E-state index in [-0.39, 0.29) is 12.0 Å². The van der Waals surface area contributed by atoms with Gasteiger partial charge in [-0.2, -0.15) is 0 Å². The summed E-state index contributed by atoms with van der Waals surface area (Å²) < 4.78 is 2.42. The lowest BCUT2D eigenvalue weighted by Crippen LogP contribution is -2.38. The first kappa shape index (κ1) is 15.7. The third-order valence-electron chi connectivity index (χ3n) is 3.39. The van der Waals surface area contributed by atoms with Gasteiger partial charge in [0.05, 0.1) is 5.69 Å². The molecule has 0 bridgehead atoms. The Labute approximate surface area is 126 Å². The highest BCUT2D eigenvalue weighted by Gasteiger charge is 2.13. The Balaban J connectivity index is 2.42. The van der Waals surface area contributed by atoms with Crippen LogP contribution < -0.4 is 17.0 Å². The number of carboxylic acids is 1. The fraction of sp³-hybridized carbons (Fsp3) is 0.267. The summed E-state index contributed by atoms with van der Waals surface area (Å²) in [6.45, 7) is 1.64. The third-order valence-corrected chi connectivity index (χ3v) is 3.39. The average Bonchev–Trinajstić information content (AvgIpc) is 2.47. The number of nitrogens with zero attached hydrogens (tertiary/aromatic N) is 2. The molecule has 1 aromatic heterocycles. The summed E-state index contributed by atoms with van der Waals surface area (Å²) in [6, 6.07) is 5.54. The Kier molecular flexibility index (Phi) is 4.27. The van der Waals surface area contributed by atoms with Crippen molar-refractivity contribution in [1.82, 2.24) is 9.13 Å². The van der Waals surface area contributed by atoms with Crippen LogP contribution in [0.3, 0.4) is 0 Å². The van der Waals surface area contributed by atoms with E-state index in [4.69, 9.17) is 10.8 Å². The second kappa shape index (κ2) is 5.98. The molecule has 2 rings (SSSR count). The van der Waals surface area contributed by atoms with Crippen molar-refractivity contribution in [2.45, 2.75) is 19.4 Å². The molecular weight excluding hydrogens is 286 g/mol. The zero-order chi connectivity index (χ0) is 16.4. The van der Waals surface area contributed by atoms with E-state index in [9.17, 15) is 14.4 Å². The van der Waals surface area contributed by atoms with Gasteiger partial charge in [0.2, 0.25) is 0 Å². The molecule has 22 heavy (non-hydrogen) atoms. The minimum Gasteiger partial charge on any atom is -0.480 e. The predicted molar refractivity (Wildman–Crippen MR) is 81.3 cm³/mol. The van der Waals surface area contributed by atoms with Crippen LogP contribution in [0.25, 0.3) is 5.69 Å². The second-order valence-corrected chi connectivity index (χ2v) is 5.16. The summed E-state index contributed by atoms with van der Waals surface area (Å²) >= 11 is 0. The van der Waals surface area contributed by atoms with E-state index in [2.05, 4.69) is 0 Å². The van der Waals surface area contributed by atoms with Crippen molar-refractivity contribution in [3.05, 3.63) is 62.4 Å². The van der Waals surface area contributed by atoms with Crippen molar-refractivity contribution in [3.8, 4) is 5.69 Å². The molecule has 0 saturated heterocycles. The van der Waals surface area contributed by atoms with E-state index in [0.717, 1.165) is 10.1 Å². The van der Waals surface area contributed by atoms with Gasteiger partial charge in [-0.1, -0.05) is 12.1 Å². The van der Waals surface area contributed by atoms with Gasteiger partial charge in [0.15, 0.2) is 0 Å². The molecule has 0 aliphatic heterocycles. The molecule has 0 fully saturated rings. The smallest absolute Gasteiger partial charge is 0.335 e.